The van der Waals surface area contributed by atoms with E-state index in [2.05, 4.69) is 4.98 Å². The number of pyridine rings is 1. The number of halogens is 1. The van der Waals surface area contributed by atoms with E-state index < -0.39 is 11.8 Å². The molecular formula is C13H10FNO3. The molecule has 0 spiro atoms. The largest absolute Gasteiger partial charge is 0.494 e. The molecule has 0 unspecified atom stereocenters. The van der Waals surface area contributed by atoms with E-state index in [9.17, 15) is 9.18 Å². The highest BCUT2D eigenvalue weighted by Crippen LogP contribution is 2.22. The van der Waals surface area contributed by atoms with Gasteiger partial charge < -0.3 is 9.47 Å². The van der Waals surface area contributed by atoms with Gasteiger partial charge >= 0.3 is 5.97 Å². The summed E-state index contributed by atoms with van der Waals surface area (Å²) in [5.41, 5.74) is 0.348. The number of carbonyl (C=O) groups is 1. The highest BCUT2D eigenvalue weighted by Gasteiger charge is 2.10. The fourth-order valence-corrected chi connectivity index (χ4v) is 1.36. The van der Waals surface area contributed by atoms with Crippen molar-refractivity contribution in [2.75, 3.05) is 7.11 Å². The molecule has 0 N–H and O–H groups in total. The molecule has 0 atom stereocenters. The lowest BCUT2D eigenvalue weighted by Crippen LogP contribution is -2.08. The molecule has 92 valence electrons. The van der Waals surface area contributed by atoms with Crippen LogP contribution in [0, 0.1) is 5.82 Å². The Balaban J connectivity index is 2.15. The highest BCUT2D eigenvalue weighted by molar-refractivity contribution is 5.90. The smallest absolute Gasteiger partial charge is 0.343 e. The number of benzene rings is 1. The minimum Gasteiger partial charge on any atom is -0.494 e. The Morgan fingerprint density at radius 2 is 1.94 bits per heavy atom. The number of ether oxygens (including phenoxy) is 2. The van der Waals surface area contributed by atoms with Crippen molar-refractivity contribution < 1.29 is 18.7 Å². The first-order chi connectivity index (χ1) is 8.70. The van der Waals surface area contributed by atoms with Crippen molar-refractivity contribution in [1.29, 1.82) is 0 Å². The first kappa shape index (κ1) is 12.0. The van der Waals surface area contributed by atoms with Crippen LogP contribution < -0.4 is 9.47 Å². The predicted octanol–water partition coefficient (Wildman–Crippen LogP) is 2.45. The van der Waals surface area contributed by atoms with Crippen molar-refractivity contribution in [2.24, 2.45) is 0 Å². The monoisotopic (exact) mass is 247 g/mol. The number of hydrogen-bond acceptors (Lipinski definition) is 4. The molecule has 0 saturated carbocycles. The molecule has 1 aromatic heterocycles. The molecule has 2 aromatic rings. The molecule has 18 heavy (non-hydrogen) atoms. The van der Waals surface area contributed by atoms with Gasteiger partial charge in [-0.3, -0.25) is 4.98 Å². The van der Waals surface area contributed by atoms with Crippen LogP contribution in [0.25, 0.3) is 0 Å². The van der Waals surface area contributed by atoms with Crippen molar-refractivity contribution in [3.8, 4) is 11.5 Å². The third-order valence-electron chi connectivity index (χ3n) is 2.25. The predicted molar refractivity (Wildman–Crippen MR) is 62.1 cm³/mol. The van der Waals surface area contributed by atoms with E-state index >= 15 is 0 Å². The fraction of sp³-hybridized carbons (Fsp3) is 0.0769. The zero-order valence-corrected chi connectivity index (χ0v) is 9.59. The first-order valence-electron chi connectivity index (χ1n) is 5.16. The van der Waals surface area contributed by atoms with E-state index in [0.717, 1.165) is 6.07 Å². The quantitative estimate of drug-likeness (QED) is 0.617. The number of hydrogen-bond donors (Lipinski definition) is 0. The molecule has 0 radical (unpaired) electrons. The topological polar surface area (TPSA) is 48.4 Å². The normalized spacial score (nSPS) is 9.89. The van der Waals surface area contributed by atoms with Crippen molar-refractivity contribution in [2.45, 2.75) is 0 Å². The Kier molecular flexibility index (Phi) is 3.52. The van der Waals surface area contributed by atoms with Gasteiger partial charge in [-0.15, -0.1) is 0 Å². The summed E-state index contributed by atoms with van der Waals surface area (Å²) < 4.78 is 23.2. The number of methoxy groups -OCH3 is 1. The lowest BCUT2D eigenvalue weighted by molar-refractivity contribution is 0.0734. The van der Waals surface area contributed by atoms with Gasteiger partial charge in [0, 0.05) is 18.5 Å². The third kappa shape index (κ3) is 2.63. The molecule has 1 heterocycles. The van der Waals surface area contributed by atoms with Crippen molar-refractivity contribution >= 4 is 5.97 Å². The van der Waals surface area contributed by atoms with Gasteiger partial charge in [-0.1, -0.05) is 0 Å². The lowest BCUT2D eigenvalue weighted by atomic mass is 10.2. The van der Waals surface area contributed by atoms with Crippen LogP contribution in [-0.4, -0.2) is 18.1 Å². The van der Waals surface area contributed by atoms with Crippen molar-refractivity contribution in [3.63, 3.8) is 0 Å². The van der Waals surface area contributed by atoms with Crippen molar-refractivity contribution in [3.05, 3.63) is 54.1 Å². The Morgan fingerprint density at radius 1 is 1.22 bits per heavy atom. The Bertz CT molecular complexity index is 557. The summed E-state index contributed by atoms with van der Waals surface area (Å²) in [5, 5.41) is 0. The Morgan fingerprint density at radius 3 is 2.56 bits per heavy atom. The summed E-state index contributed by atoms with van der Waals surface area (Å²) in [5.74, 6) is -0.937. The summed E-state index contributed by atoms with van der Waals surface area (Å²) in [6.45, 7) is 0. The first-order valence-corrected chi connectivity index (χ1v) is 5.16. The van der Waals surface area contributed by atoms with Crippen LogP contribution in [0.1, 0.15) is 10.4 Å². The van der Waals surface area contributed by atoms with Crippen molar-refractivity contribution in [1.82, 2.24) is 4.98 Å². The summed E-state index contributed by atoms with van der Waals surface area (Å²) in [7, 11) is 1.36. The molecule has 0 fully saturated rings. The zero-order valence-electron chi connectivity index (χ0n) is 9.59. The van der Waals surface area contributed by atoms with Crippen LogP contribution >= 0.6 is 0 Å². The maximum Gasteiger partial charge on any atom is 0.343 e. The van der Waals surface area contributed by atoms with Gasteiger partial charge in [0.25, 0.3) is 0 Å². The van der Waals surface area contributed by atoms with Crippen LogP contribution in [-0.2, 0) is 0 Å². The van der Waals surface area contributed by atoms with Gasteiger partial charge in [0.2, 0.25) is 0 Å². The van der Waals surface area contributed by atoms with Crippen LogP contribution in [0.3, 0.4) is 0 Å². The molecule has 0 aliphatic rings. The number of aromatic nitrogens is 1. The molecular weight excluding hydrogens is 237 g/mol. The van der Waals surface area contributed by atoms with E-state index in [4.69, 9.17) is 9.47 Å². The Hall–Kier alpha value is -2.43. The molecule has 4 nitrogen and oxygen atoms in total. The van der Waals surface area contributed by atoms with Gasteiger partial charge in [-0.2, -0.15) is 0 Å². The summed E-state index contributed by atoms with van der Waals surface area (Å²) in [6, 6.07) is 6.98. The van der Waals surface area contributed by atoms with Crippen LogP contribution in [0.15, 0.2) is 42.7 Å². The number of nitrogens with zero attached hydrogens (tertiary/aromatic N) is 1. The van der Waals surface area contributed by atoms with E-state index in [0.29, 0.717) is 5.56 Å². The molecule has 0 amide bonds. The second kappa shape index (κ2) is 5.27. The van der Waals surface area contributed by atoms with E-state index in [-0.39, 0.29) is 11.5 Å². The zero-order chi connectivity index (χ0) is 13.0. The van der Waals surface area contributed by atoms with Gasteiger partial charge in [-0.25, -0.2) is 9.18 Å². The van der Waals surface area contributed by atoms with Crippen LogP contribution in [0.5, 0.6) is 11.5 Å². The fourth-order valence-electron chi connectivity index (χ4n) is 1.36. The summed E-state index contributed by atoms with van der Waals surface area (Å²) >= 11 is 0. The molecule has 5 heteroatoms. The molecule has 1 aromatic carbocycles. The minimum atomic E-state index is -0.586. The van der Waals surface area contributed by atoms with Gasteiger partial charge in [0.15, 0.2) is 11.6 Å². The van der Waals surface area contributed by atoms with Gasteiger partial charge in [0.1, 0.15) is 5.75 Å². The van der Waals surface area contributed by atoms with E-state index in [1.54, 1.807) is 0 Å². The van der Waals surface area contributed by atoms with E-state index in [1.165, 1.54) is 43.8 Å². The highest BCUT2D eigenvalue weighted by atomic mass is 19.1. The number of rotatable bonds is 3. The number of carbonyl (C=O) groups excluding carboxylic acids is 1. The average Bonchev–Trinajstić information content (AvgIpc) is 2.40. The second-order valence-electron chi connectivity index (χ2n) is 3.42. The third-order valence-corrected chi connectivity index (χ3v) is 2.25. The number of esters is 1. The summed E-state index contributed by atoms with van der Waals surface area (Å²) in [6.07, 6.45) is 2.95. The second-order valence-corrected chi connectivity index (χ2v) is 3.42. The maximum atomic E-state index is 13.4. The van der Waals surface area contributed by atoms with Gasteiger partial charge in [-0.05, 0) is 24.3 Å². The van der Waals surface area contributed by atoms with E-state index in [1.807, 2.05) is 0 Å². The minimum absolute atomic E-state index is 0.0960. The SMILES string of the molecule is COc1ccc(OC(=O)c2ccncc2)cc1F. The van der Waals surface area contributed by atoms with Gasteiger partial charge in [0.05, 0.1) is 12.7 Å². The molecule has 0 saturated heterocycles. The molecule has 0 aliphatic carbocycles. The molecule has 0 bridgehead atoms. The maximum absolute atomic E-state index is 13.4. The van der Waals surface area contributed by atoms with Crippen LogP contribution in [0.4, 0.5) is 4.39 Å². The standard InChI is InChI=1S/C13H10FNO3/c1-17-12-3-2-10(8-11(12)14)18-13(16)9-4-6-15-7-5-9/h2-8H,1H3. The van der Waals surface area contributed by atoms with Crippen LogP contribution in [0.2, 0.25) is 0 Å². The Labute approximate surface area is 103 Å². The molecule has 0 aliphatic heterocycles. The lowest BCUT2D eigenvalue weighted by Gasteiger charge is -2.06. The summed E-state index contributed by atoms with van der Waals surface area (Å²) in [4.78, 5) is 15.5. The average molecular weight is 247 g/mol. The molecule has 2 rings (SSSR count).